The van der Waals surface area contributed by atoms with Gasteiger partial charge in [-0.25, -0.2) is 0 Å². The molecule has 2 heterocycles. The van der Waals surface area contributed by atoms with Crippen molar-refractivity contribution in [1.29, 1.82) is 0 Å². The van der Waals surface area contributed by atoms with Crippen LogP contribution in [0.5, 0.6) is 5.75 Å². The first-order chi connectivity index (χ1) is 14.7. The number of carbonyl (C=O) groups is 2. The number of thiophene rings is 1. The average molecular weight is 443 g/mol. The van der Waals surface area contributed by atoms with Gasteiger partial charge in [0.2, 0.25) is 0 Å². The highest BCUT2D eigenvalue weighted by atomic mass is 32.1. The van der Waals surface area contributed by atoms with Crippen molar-refractivity contribution in [3.63, 3.8) is 0 Å². The van der Waals surface area contributed by atoms with Crippen molar-refractivity contribution in [2.75, 3.05) is 27.2 Å². The SMILES string of the molecule is Cc1ccsc1C1/C(=C(/O)c2ccc(OC(C)C)cc2)C(=O)C(=O)N1CCCN(C)C. The first-order valence-corrected chi connectivity index (χ1v) is 11.3. The maximum atomic E-state index is 13.0. The summed E-state index contributed by atoms with van der Waals surface area (Å²) in [6.07, 6.45) is 0.774. The zero-order valence-electron chi connectivity index (χ0n) is 18.7. The maximum Gasteiger partial charge on any atom is 0.295 e. The maximum absolute atomic E-state index is 13.0. The van der Waals surface area contributed by atoms with Gasteiger partial charge in [-0.1, -0.05) is 0 Å². The number of rotatable bonds is 8. The van der Waals surface area contributed by atoms with Crippen LogP contribution in [0.4, 0.5) is 0 Å². The van der Waals surface area contributed by atoms with Crippen molar-refractivity contribution >= 4 is 28.8 Å². The van der Waals surface area contributed by atoms with Crippen LogP contribution in [0.1, 0.15) is 42.3 Å². The molecule has 1 atom stereocenters. The van der Waals surface area contributed by atoms with Crippen LogP contribution in [0, 0.1) is 6.92 Å². The summed E-state index contributed by atoms with van der Waals surface area (Å²) >= 11 is 1.50. The summed E-state index contributed by atoms with van der Waals surface area (Å²) in [5.41, 5.74) is 1.64. The Morgan fingerprint density at radius 1 is 1.19 bits per heavy atom. The van der Waals surface area contributed by atoms with E-state index in [0.717, 1.165) is 23.4 Å². The normalized spacial score (nSPS) is 18.4. The fourth-order valence-corrected chi connectivity index (χ4v) is 4.77. The number of aliphatic hydroxyl groups excluding tert-OH is 1. The molecule has 1 unspecified atom stereocenters. The fourth-order valence-electron chi connectivity index (χ4n) is 3.72. The van der Waals surface area contributed by atoms with Gasteiger partial charge in [0.25, 0.3) is 11.7 Å². The number of aliphatic hydroxyl groups is 1. The molecular formula is C24H30N2O4S. The van der Waals surface area contributed by atoms with Gasteiger partial charge in [0.15, 0.2) is 0 Å². The molecule has 0 radical (unpaired) electrons. The Kier molecular flexibility index (Phi) is 7.18. The zero-order valence-corrected chi connectivity index (χ0v) is 19.5. The zero-order chi connectivity index (χ0) is 22.7. The van der Waals surface area contributed by atoms with Crippen molar-refractivity contribution in [3.05, 3.63) is 57.3 Å². The third kappa shape index (κ3) is 4.99. The van der Waals surface area contributed by atoms with Crippen molar-refractivity contribution < 1.29 is 19.4 Å². The van der Waals surface area contributed by atoms with Crippen LogP contribution in [0.25, 0.3) is 5.76 Å². The molecule has 1 saturated heterocycles. The van der Waals surface area contributed by atoms with Crippen LogP contribution in [-0.2, 0) is 9.59 Å². The van der Waals surface area contributed by atoms with Gasteiger partial charge in [-0.15, -0.1) is 11.3 Å². The molecule has 31 heavy (non-hydrogen) atoms. The molecule has 166 valence electrons. The second-order valence-corrected chi connectivity index (χ2v) is 9.26. The predicted molar refractivity (Wildman–Crippen MR) is 123 cm³/mol. The van der Waals surface area contributed by atoms with Crippen molar-refractivity contribution in [2.24, 2.45) is 0 Å². The third-order valence-electron chi connectivity index (χ3n) is 5.19. The van der Waals surface area contributed by atoms with Crippen LogP contribution in [0.2, 0.25) is 0 Å². The Labute approximate surface area is 187 Å². The van der Waals surface area contributed by atoms with E-state index < -0.39 is 17.7 Å². The number of carbonyl (C=O) groups excluding carboxylic acids is 2. The number of nitrogens with zero attached hydrogens (tertiary/aromatic N) is 2. The summed E-state index contributed by atoms with van der Waals surface area (Å²) < 4.78 is 5.66. The smallest absolute Gasteiger partial charge is 0.295 e. The number of Topliss-reactive ketones (excluding diaryl/α,β-unsaturated/α-hetero) is 1. The van der Waals surface area contributed by atoms with Gasteiger partial charge >= 0.3 is 0 Å². The van der Waals surface area contributed by atoms with Gasteiger partial charge in [0, 0.05) is 17.0 Å². The molecule has 1 aliphatic rings. The number of hydrogen-bond acceptors (Lipinski definition) is 6. The van der Waals surface area contributed by atoms with Crippen LogP contribution in [0.15, 0.2) is 41.3 Å². The molecule has 2 aromatic rings. The minimum Gasteiger partial charge on any atom is -0.507 e. The second-order valence-electron chi connectivity index (χ2n) is 8.31. The standard InChI is InChI=1S/C24H30N2O4S/c1-15(2)30-18-9-7-17(8-10-18)21(27)19-20(23-16(3)11-14-31-23)26(24(29)22(19)28)13-6-12-25(4)5/h7-11,14-15,20,27H,6,12-13H2,1-5H3/b21-19-. The van der Waals surface area contributed by atoms with Crippen LogP contribution in [-0.4, -0.2) is 59.9 Å². The van der Waals surface area contributed by atoms with E-state index in [4.69, 9.17) is 4.74 Å². The average Bonchev–Trinajstić information content (AvgIpc) is 3.23. The first-order valence-electron chi connectivity index (χ1n) is 10.4. The fraction of sp³-hybridized carbons (Fsp3) is 0.417. The third-order valence-corrected chi connectivity index (χ3v) is 6.27. The highest BCUT2D eigenvalue weighted by Gasteiger charge is 2.46. The highest BCUT2D eigenvalue weighted by molar-refractivity contribution is 7.10. The van der Waals surface area contributed by atoms with Gasteiger partial charge in [0.05, 0.1) is 17.7 Å². The van der Waals surface area contributed by atoms with Crippen molar-refractivity contribution in [1.82, 2.24) is 9.80 Å². The summed E-state index contributed by atoms with van der Waals surface area (Å²) in [4.78, 5) is 30.5. The van der Waals surface area contributed by atoms with Crippen molar-refractivity contribution in [3.8, 4) is 5.75 Å². The topological polar surface area (TPSA) is 70.1 Å². The Balaban J connectivity index is 2.02. The lowest BCUT2D eigenvalue weighted by molar-refractivity contribution is -0.139. The molecule has 0 spiro atoms. The molecule has 7 heteroatoms. The van der Waals surface area contributed by atoms with Gasteiger partial charge in [-0.05, 0) is 89.1 Å². The second kappa shape index (κ2) is 9.66. The molecular weight excluding hydrogens is 412 g/mol. The summed E-state index contributed by atoms with van der Waals surface area (Å²) in [6.45, 7) is 7.09. The lowest BCUT2D eigenvalue weighted by Gasteiger charge is -2.25. The van der Waals surface area contributed by atoms with Gasteiger partial charge in [-0.2, -0.15) is 0 Å². The Bertz CT molecular complexity index is 976. The number of benzene rings is 1. The van der Waals surface area contributed by atoms with E-state index in [0.29, 0.717) is 17.9 Å². The van der Waals surface area contributed by atoms with E-state index in [-0.39, 0.29) is 17.4 Å². The molecule has 1 fully saturated rings. The Morgan fingerprint density at radius 3 is 2.42 bits per heavy atom. The van der Waals surface area contributed by atoms with E-state index in [1.54, 1.807) is 29.2 Å². The molecule has 1 aliphatic heterocycles. The van der Waals surface area contributed by atoms with Crippen LogP contribution < -0.4 is 4.74 Å². The lowest BCUT2D eigenvalue weighted by atomic mass is 9.98. The van der Waals surface area contributed by atoms with E-state index in [1.165, 1.54) is 11.3 Å². The molecule has 1 amide bonds. The number of ketones is 1. The van der Waals surface area contributed by atoms with E-state index in [9.17, 15) is 14.7 Å². The number of hydrogen-bond donors (Lipinski definition) is 1. The molecule has 0 bridgehead atoms. The summed E-state index contributed by atoms with van der Waals surface area (Å²) in [5, 5.41) is 13.1. The first kappa shape index (κ1) is 23.0. The summed E-state index contributed by atoms with van der Waals surface area (Å²) in [7, 11) is 3.95. The largest absolute Gasteiger partial charge is 0.507 e. The van der Waals surface area contributed by atoms with E-state index in [1.807, 2.05) is 51.2 Å². The quantitative estimate of drug-likeness (QED) is 0.377. The van der Waals surface area contributed by atoms with Crippen molar-refractivity contribution in [2.45, 2.75) is 39.3 Å². The minimum absolute atomic E-state index is 0.0359. The molecule has 6 nitrogen and oxygen atoms in total. The van der Waals surface area contributed by atoms with Gasteiger partial charge < -0.3 is 19.6 Å². The van der Waals surface area contributed by atoms with E-state index >= 15 is 0 Å². The number of likely N-dealkylation sites (tertiary alicyclic amines) is 1. The molecule has 1 aromatic heterocycles. The Morgan fingerprint density at radius 2 is 1.87 bits per heavy atom. The molecule has 3 rings (SSSR count). The minimum atomic E-state index is -0.636. The highest BCUT2D eigenvalue weighted by Crippen LogP contribution is 2.42. The molecule has 0 aliphatic carbocycles. The number of ether oxygens (including phenoxy) is 1. The Hall–Kier alpha value is -2.64. The number of aryl methyl sites for hydroxylation is 1. The van der Waals surface area contributed by atoms with E-state index in [2.05, 4.69) is 0 Å². The molecule has 0 saturated carbocycles. The van der Waals surface area contributed by atoms with Crippen LogP contribution >= 0.6 is 11.3 Å². The number of amides is 1. The molecule has 1 aromatic carbocycles. The summed E-state index contributed by atoms with van der Waals surface area (Å²) in [5.74, 6) is -0.663. The van der Waals surface area contributed by atoms with Gasteiger partial charge in [0.1, 0.15) is 11.5 Å². The van der Waals surface area contributed by atoms with Crippen LogP contribution in [0.3, 0.4) is 0 Å². The van der Waals surface area contributed by atoms with Gasteiger partial charge in [-0.3, -0.25) is 9.59 Å². The predicted octanol–water partition coefficient (Wildman–Crippen LogP) is 4.22. The monoisotopic (exact) mass is 442 g/mol. The lowest BCUT2D eigenvalue weighted by Crippen LogP contribution is -2.32. The molecule has 1 N–H and O–H groups in total. The summed E-state index contributed by atoms with van der Waals surface area (Å²) in [6, 6.07) is 8.34.